The standard InChI is InChI=1S/C60H40N2O/c1-4-18-41(19-5-1)42-34-36-44(37-35-42)47-24-10-13-29-53(47)62(57-32-17-31-56-59(57)51-26-11-14-30-54(51)61(56)46-22-8-3-9-23-46)55-39-38-45(40-52(55)43-20-6-2-7-21-43)48-27-16-28-50-49-25-12-15-33-58(49)63-60(48)50/h1-40H. The Labute approximate surface area is 366 Å². The molecule has 0 fully saturated rings. The van der Waals surface area contributed by atoms with Crippen LogP contribution in [0.15, 0.2) is 247 Å². The third-order valence-corrected chi connectivity index (χ3v) is 12.4. The number of benzene rings is 10. The van der Waals surface area contributed by atoms with Gasteiger partial charge in [0.2, 0.25) is 0 Å². The van der Waals surface area contributed by atoms with Crippen molar-refractivity contribution in [2.24, 2.45) is 0 Å². The molecule has 0 N–H and O–H groups in total. The Morgan fingerprint density at radius 2 is 0.841 bits per heavy atom. The SMILES string of the molecule is c1ccc(-c2ccc(-c3ccccc3N(c3ccc(-c4cccc5c4oc4ccccc45)cc3-c3ccccc3)c3cccc4c3c3ccccc3n4-c3ccccc3)cc2)cc1. The highest BCUT2D eigenvalue weighted by molar-refractivity contribution is 6.17. The van der Waals surface area contributed by atoms with Crippen molar-refractivity contribution in [1.82, 2.24) is 4.57 Å². The first kappa shape index (κ1) is 36.5. The van der Waals surface area contributed by atoms with Gasteiger partial charge in [-0.1, -0.05) is 188 Å². The number of aromatic nitrogens is 1. The van der Waals surface area contributed by atoms with Gasteiger partial charge in [-0.05, 0) is 82.4 Å². The number of fused-ring (bicyclic) bond motifs is 6. The number of furan rings is 1. The van der Waals surface area contributed by atoms with E-state index in [-0.39, 0.29) is 0 Å². The molecule has 0 amide bonds. The molecule has 0 bridgehead atoms. The smallest absolute Gasteiger partial charge is 0.143 e. The van der Waals surface area contributed by atoms with Gasteiger partial charge in [0.1, 0.15) is 11.2 Å². The fraction of sp³-hybridized carbons (Fsp3) is 0. The number of nitrogens with zero attached hydrogens (tertiary/aromatic N) is 2. The van der Waals surface area contributed by atoms with E-state index in [4.69, 9.17) is 4.42 Å². The van der Waals surface area contributed by atoms with Crippen LogP contribution in [0.1, 0.15) is 0 Å². The van der Waals surface area contributed by atoms with Gasteiger partial charge < -0.3 is 13.9 Å². The van der Waals surface area contributed by atoms with Gasteiger partial charge in [-0.3, -0.25) is 0 Å². The fourth-order valence-electron chi connectivity index (χ4n) is 9.54. The van der Waals surface area contributed by atoms with Crippen molar-refractivity contribution < 1.29 is 4.42 Å². The normalized spacial score (nSPS) is 11.5. The zero-order chi connectivity index (χ0) is 41.7. The molecule has 0 atom stereocenters. The van der Waals surface area contributed by atoms with Crippen molar-refractivity contribution in [2.75, 3.05) is 4.90 Å². The second-order valence-electron chi connectivity index (χ2n) is 16.0. The van der Waals surface area contributed by atoms with Gasteiger partial charge in [0.05, 0.1) is 28.1 Å². The van der Waals surface area contributed by atoms with E-state index in [1.54, 1.807) is 0 Å². The Hall–Kier alpha value is -8.40. The third kappa shape index (κ3) is 6.21. The molecule has 0 radical (unpaired) electrons. The number of hydrogen-bond acceptors (Lipinski definition) is 2. The zero-order valence-electron chi connectivity index (χ0n) is 34.4. The lowest BCUT2D eigenvalue weighted by Crippen LogP contribution is -2.13. The maximum absolute atomic E-state index is 6.62. The van der Waals surface area contributed by atoms with Crippen LogP contribution in [-0.2, 0) is 0 Å². The van der Waals surface area contributed by atoms with Crippen molar-refractivity contribution in [3.05, 3.63) is 243 Å². The summed E-state index contributed by atoms with van der Waals surface area (Å²) >= 11 is 0. The maximum Gasteiger partial charge on any atom is 0.143 e. The summed E-state index contributed by atoms with van der Waals surface area (Å²) in [6.45, 7) is 0. The summed E-state index contributed by atoms with van der Waals surface area (Å²) in [4.78, 5) is 2.50. The highest BCUT2D eigenvalue weighted by Gasteiger charge is 2.26. The lowest BCUT2D eigenvalue weighted by Gasteiger charge is -2.31. The summed E-state index contributed by atoms with van der Waals surface area (Å²) in [7, 11) is 0. The highest BCUT2D eigenvalue weighted by atomic mass is 16.3. The topological polar surface area (TPSA) is 21.3 Å². The summed E-state index contributed by atoms with van der Waals surface area (Å²) < 4.78 is 9.01. The van der Waals surface area contributed by atoms with E-state index in [2.05, 4.69) is 246 Å². The molecule has 0 aliphatic rings. The van der Waals surface area contributed by atoms with E-state index in [9.17, 15) is 0 Å². The number of para-hydroxylation sites is 5. The minimum Gasteiger partial charge on any atom is -0.455 e. The van der Waals surface area contributed by atoms with Gasteiger partial charge in [0, 0.05) is 43.9 Å². The Kier molecular flexibility index (Phi) is 8.83. The molecule has 296 valence electrons. The molecular formula is C60H40N2O. The lowest BCUT2D eigenvalue weighted by atomic mass is 9.94. The van der Waals surface area contributed by atoms with E-state index in [0.29, 0.717) is 0 Å². The van der Waals surface area contributed by atoms with Crippen molar-refractivity contribution in [1.29, 1.82) is 0 Å². The second-order valence-corrected chi connectivity index (χ2v) is 16.0. The third-order valence-electron chi connectivity index (χ3n) is 12.4. The molecule has 0 saturated carbocycles. The van der Waals surface area contributed by atoms with Crippen molar-refractivity contribution in [3.63, 3.8) is 0 Å². The van der Waals surface area contributed by atoms with Crippen LogP contribution in [0, 0.1) is 0 Å². The Bertz CT molecular complexity index is 3600. The molecule has 12 rings (SSSR count). The maximum atomic E-state index is 6.62. The number of anilines is 3. The van der Waals surface area contributed by atoms with E-state index < -0.39 is 0 Å². The van der Waals surface area contributed by atoms with E-state index in [1.807, 2.05) is 6.07 Å². The molecule has 3 heteroatoms. The predicted octanol–water partition coefficient (Wildman–Crippen LogP) is 16.8. The van der Waals surface area contributed by atoms with Crippen molar-refractivity contribution in [2.45, 2.75) is 0 Å². The Morgan fingerprint density at radius 3 is 1.65 bits per heavy atom. The minimum absolute atomic E-state index is 0.891. The lowest BCUT2D eigenvalue weighted by molar-refractivity contribution is 0.670. The zero-order valence-corrected chi connectivity index (χ0v) is 34.4. The van der Waals surface area contributed by atoms with Crippen LogP contribution in [-0.4, -0.2) is 4.57 Å². The quantitative estimate of drug-likeness (QED) is 0.153. The molecule has 0 aliphatic heterocycles. The summed E-state index contributed by atoms with van der Waals surface area (Å²) in [5, 5.41) is 4.61. The molecule has 10 aromatic carbocycles. The molecule has 0 spiro atoms. The van der Waals surface area contributed by atoms with Gasteiger partial charge in [-0.25, -0.2) is 0 Å². The van der Waals surface area contributed by atoms with Gasteiger partial charge in [-0.2, -0.15) is 0 Å². The second kappa shape index (κ2) is 15.3. The van der Waals surface area contributed by atoms with Crippen LogP contribution in [0.3, 0.4) is 0 Å². The van der Waals surface area contributed by atoms with Crippen LogP contribution in [0.5, 0.6) is 0 Å². The molecule has 2 heterocycles. The van der Waals surface area contributed by atoms with Gasteiger partial charge >= 0.3 is 0 Å². The largest absolute Gasteiger partial charge is 0.455 e. The number of rotatable bonds is 8. The molecule has 63 heavy (non-hydrogen) atoms. The summed E-state index contributed by atoms with van der Waals surface area (Å²) in [6, 6.07) is 87.2. The van der Waals surface area contributed by atoms with Crippen LogP contribution < -0.4 is 4.90 Å². The average Bonchev–Trinajstić information content (AvgIpc) is 3.92. The Morgan fingerprint density at radius 1 is 0.317 bits per heavy atom. The van der Waals surface area contributed by atoms with Crippen LogP contribution in [0.25, 0.3) is 93.9 Å². The highest BCUT2D eigenvalue weighted by Crippen LogP contribution is 2.50. The minimum atomic E-state index is 0.891. The average molecular weight is 805 g/mol. The molecule has 2 aromatic heterocycles. The van der Waals surface area contributed by atoms with Gasteiger partial charge in [0.25, 0.3) is 0 Å². The molecule has 12 aromatic rings. The fourth-order valence-corrected chi connectivity index (χ4v) is 9.54. The number of hydrogen-bond donors (Lipinski definition) is 0. The first-order valence-electron chi connectivity index (χ1n) is 21.5. The first-order valence-corrected chi connectivity index (χ1v) is 21.5. The van der Waals surface area contributed by atoms with E-state index in [0.717, 1.165) is 89.1 Å². The molecular weight excluding hydrogens is 765 g/mol. The van der Waals surface area contributed by atoms with E-state index in [1.165, 1.54) is 21.9 Å². The van der Waals surface area contributed by atoms with Gasteiger partial charge in [-0.15, -0.1) is 0 Å². The molecule has 0 aliphatic carbocycles. The van der Waals surface area contributed by atoms with Crippen molar-refractivity contribution in [3.8, 4) is 50.2 Å². The first-order chi connectivity index (χ1) is 31.3. The van der Waals surface area contributed by atoms with E-state index >= 15 is 0 Å². The van der Waals surface area contributed by atoms with Crippen molar-refractivity contribution >= 4 is 60.8 Å². The summed E-state index contributed by atoms with van der Waals surface area (Å²) in [6.07, 6.45) is 0. The van der Waals surface area contributed by atoms with Crippen LogP contribution in [0.4, 0.5) is 17.1 Å². The van der Waals surface area contributed by atoms with Crippen LogP contribution in [0.2, 0.25) is 0 Å². The summed E-state index contributed by atoms with van der Waals surface area (Å²) in [5.74, 6) is 0. The molecule has 3 nitrogen and oxygen atoms in total. The summed E-state index contributed by atoms with van der Waals surface area (Å²) in [5.41, 5.74) is 17.5. The molecule has 0 saturated heterocycles. The van der Waals surface area contributed by atoms with Gasteiger partial charge in [0.15, 0.2) is 0 Å². The molecule has 0 unspecified atom stereocenters. The predicted molar refractivity (Wildman–Crippen MR) is 264 cm³/mol. The van der Waals surface area contributed by atoms with Crippen LogP contribution >= 0.6 is 0 Å². The monoisotopic (exact) mass is 804 g/mol. The Balaban J connectivity index is 1.14.